The van der Waals surface area contributed by atoms with Gasteiger partial charge in [0, 0.05) is 7.05 Å². The molecule has 8 heteroatoms. The van der Waals surface area contributed by atoms with E-state index < -0.39 is 5.82 Å². The van der Waals surface area contributed by atoms with Gasteiger partial charge in [0.15, 0.2) is 0 Å². The molecule has 1 aromatic heterocycles. The van der Waals surface area contributed by atoms with Crippen LogP contribution >= 0.6 is 0 Å². The molecule has 0 aliphatic heterocycles. The van der Waals surface area contributed by atoms with Crippen LogP contribution in [-0.4, -0.2) is 22.0 Å². The highest BCUT2D eigenvalue weighted by molar-refractivity contribution is 5.57. The Morgan fingerprint density at radius 2 is 1.77 bits per heavy atom. The van der Waals surface area contributed by atoms with Gasteiger partial charge in [-0.05, 0) is 37.3 Å². The van der Waals surface area contributed by atoms with Gasteiger partial charge in [0.2, 0.25) is 11.9 Å². The fourth-order valence-electron chi connectivity index (χ4n) is 2.09. The standard InChI is InChI=1S/C18H15FN6O/c1-11-3-6-13(7-4-11)26-18-24-16(21-2)23-17(25-18)22-15-8-5-12(10-20)9-14(15)19/h3-9H,1-2H3,(H2,21,22,23,24,25). The van der Waals surface area contributed by atoms with Crippen LogP contribution in [0.15, 0.2) is 42.5 Å². The van der Waals surface area contributed by atoms with Crippen molar-refractivity contribution in [1.82, 2.24) is 15.0 Å². The summed E-state index contributed by atoms with van der Waals surface area (Å²) in [6.45, 7) is 1.97. The second kappa shape index (κ2) is 7.44. The summed E-state index contributed by atoms with van der Waals surface area (Å²) in [5, 5.41) is 14.4. The molecule has 0 atom stereocenters. The predicted molar refractivity (Wildman–Crippen MR) is 95.0 cm³/mol. The Kier molecular flexibility index (Phi) is 4.90. The van der Waals surface area contributed by atoms with Gasteiger partial charge in [-0.1, -0.05) is 17.7 Å². The van der Waals surface area contributed by atoms with E-state index in [-0.39, 0.29) is 29.2 Å². The molecule has 1 heterocycles. The first-order valence-electron chi connectivity index (χ1n) is 7.72. The second-order valence-corrected chi connectivity index (χ2v) is 5.36. The minimum absolute atomic E-state index is 0.0600. The van der Waals surface area contributed by atoms with Gasteiger partial charge >= 0.3 is 6.01 Å². The van der Waals surface area contributed by atoms with Crippen molar-refractivity contribution in [2.45, 2.75) is 6.92 Å². The lowest BCUT2D eigenvalue weighted by Crippen LogP contribution is -2.06. The molecular weight excluding hydrogens is 335 g/mol. The number of anilines is 3. The summed E-state index contributed by atoms with van der Waals surface area (Å²) in [4.78, 5) is 12.4. The number of nitriles is 1. The van der Waals surface area contributed by atoms with Crippen molar-refractivity contribution in [3.05, 3.63) is 59.4 Å². The van der Waals surface area contributed by atoms with Crippen LogP contribution in [0.1, 0.15) is 11.1 Å². The molecule has 0 aliphatic carbocycles. The molecule has 0 aliphatic rings. The summed E-state index contributed by atoms with van der Waals surface area (Å²) in [5.41, 5.74) is 1.46. The SMILES string of the molecule is CNc1nc(Nc2ccc(C#N)cc2F)nc(Oc2ccc(C)cc2)n1. The Labute approximate surface area is 149 Å². The smallest absolute Gasteiger partial charge is 0.328 e. The first-order valence-corrected chi connectivity index (χ1v) is 7.72. The molecule has 130 valence electrons. The van der Waals surface area contributed by atoms with Crippen LogP contribution in [-0.2, 0) is 0 Å². The number of ether oxygens (including phenoxy) is 1. The Balaban J connectivity index is 1.87. The topological polar surface area (TPSA) is 95.8 Å². The van der Waals surface area contributed by atoms with Crippen molar-refractivity contribution in [1.29, 1.82) is 5.26 Å². The lowest BCUT2D eigenvalue weighted by Gasteiger charge is -2.10. The number of benzene rings is 2. The predicted octanol–water partition coefficient (Wildman–Crippen LogP) is 3.77. The summed E-state index contributed by atoms with van der Waals surface area (Å²) in [6.07, 6.45) is 0. The summed E-state index contributed by atoms with van der Waals surface area (Å²) in [6, 6.07) is 13.4. The van der Waals surface area contributed by atoms with E-state index in [1.165, 1.54) is 12.1 Å². The average Bonchev–Trinajstić information content (AvgIpc) is 2.65. The zero-order chi connectivity index (χ0) is 18.5. The fraction of sp³-hybridized carbons (Fsp3) is 0.111. The molecule has 0 amide bonds. The van der Waals surface area contributed by atoms with E-state index in [0.717, 1.165) is 11.6 Å². The molecule has 2 N–H and O–H groups in total. The van der Waals surface area contributed by atoms with Gasteiger partial charge in [0.05, 0.1) is 17.3 Å². The summed E-state index contributed by atoms with van der Waals surface area (Å²) >= 11 is 0. The lowest BCUT2D eigenvalue weighted by atomic mass is 10.2. The van der Waals surface area contributed by atoms with E-state index in [1.54, 1.807) is 19.2 Å². The van der Waals surface area contributed by atoms with Crippen molar-refractivity contribution >= 4 is 17.6 Å². The van der Waals surface area contributed by atoms with E-state index in [0.29, 0.717) is 5.75 Å². The monoisotopic (exact) mass is 350 g/mol. The van der Waals surface area contributed by atoms with Gasteiger partial charge < -0.3 is 15.4 Å². The molecule has 3 aromatic rings. The van der Waals surface area contributed by atoms with E-state index in [1.807, 2.05) is 25.1 Å². The lowest BCUT2D eigenvalue weighted by molar-refractivity contribution is 0.441. The van der Waals surface area contributed by atoms with Gasteiger partial charge in [0.1, 0.15) is 11.6 Å². The van der Waals surface area contributed by atoms with Crippen molar-refractivity contribution in [3.8, 4) is 17.8 Å². The van der Waals surface area contributed by atoms with Gasteiger partial charge in [-0.2, -0.15) is 20.2 Å². The van der Waals surface area contributed by atoms with Crippen LogP contribution in [0.5, 0.6) is 11.8 Å². The Morgan fingerprint density at radius 1 is 1.04 bits per heavy atom. The number of nitrogens with zero attached hydrogens (tertiary/aromatic N) is 4. The molecule has 2 aromatic carbocycles. The van der Waals surface area contributed by atoms with Crippen LogP contribution in [0.4, 0.5) is 22.0 Å². The maximum absolute atomic E-state index is 14.1. The normalized spacial score (nSPS) is 10.1. The van der Waals surface area contributed by atoms with Crippen LogP contribution in [0, 0.1) is 24.1 Å². The highest BCUT2D eigenvalue weighted by Gasteiger charge is 2.11. The first kappa shape index (κ1) is 17.1. The van der Waals surface area contributed by atoms with E-state index in [4.69, 9.17) is 10.00 Å². The van der Waals surface area contributed by atoms with Gasteiger partial charge in [0.25, 0.3) is 0 Å². The zero-order valence-electron chi connectivity index (χ0n) is 14.1. The second-order valence-electron chi connectivity index (χ2n) is 5.36. The fourth-order valence-corrected chi connectivity index (χ4v) is 2.09. The van der Waals surface area contributed by atoms with E-state index in [9.17, 15) is 4.39 Å². The quantitative estimate of drug-likeness (QED) is 0.723. The number of hydrogen-bond donors (Lipinski definition) is 2. The Hall–Kier alpha value is -3.73. The first-order chi connectivity index (χ1) is 12.6. The van der Waals surface area contributed by atoms with Gasteiger partial charge in [-0.25, -0.2) is 4.39 Å². The van der Waals surface area contributed by atoms with Crippen LogP contribution in [0.2, 0.25) is 0 Å². The number of nitrogens with one attached hydrogen (secondary N) is 2. The average molecular weight is 350 g/mol. The van der Waals surface area contributed by atoms with Crippen molar-refractivity contribution < 1.29 is 9.13 Å². The van der Waals surface area contributed by atoms with Crippen LogP contribution < -0.4 is 15.4 Å². The largest absolute Gasteiger partial charge is 0.424 e. The number of hydrogen-bond acceptors (Lipinski definition) is 7. The minimum Gasteiger partial charge on any atom is -0.424 e. The third-order valence-electron chi connectivity index (χ3n) is 3.41. The zero-order valence-corrected chi connectivity index (χ0v) is 14.1. The van der Waals surface area contributed by atoms with Crippen molar-refractivity contribution in [3.63, 3.8) is 0 Å². The molecular formula is C18H15FN6O. The maximum atomic E-state index is 14.1. The number of aromatic nitrogens is 3. The van der Waals surface area contributed by atoms with Gasteiger partial charge in [-0.3, -0.25) is 0 Å². The van der Waals surface area contributed by atoms with Gasteiger partial charge in [-0.15, -0.1) is 0 Å². The molecule has 0 fully saturated rings. The van der Waals surface area contributed by atoms with Crippen molar-refractivity contribution in [2.75, 3.05) is 17.7 Å². The molecule has 26 heavy (non-hydrogen) atoms. The number of rotatable bonds is 5. The number of aryl methyl sites for hydroxylation is 1. The minimum atomic E-state index is -0.587. The highest BCUT2D eigenvalue weighted by Crippen LogP contribution is 2.23. The molecule has 0 spiro atoms. The summed E-state index contributed by atoms with van der Waals surface area (Å²) < 4.78 is 19.7. The number of halogens is 1. The maximum Gasteiger partial charge on any atom is 0.328 e. The molecule has 0 bridgehead atoms. The summed E-state index contributed by atoms with van der Waals surface area (Å²) in [7, 11) is 1.65. The Morgan fingerprint density at radius 3 is 2.42 bits per heavy atom. The molecule has 0 unspecified atom stereocenters. The third-order valence-corrected chi connectivity index (χ3v) is 3.41. The molecule has 3 rings (SSSR count). The van der Waals surface area contributed by atoms with Crippen LogP contribution in [0.3, 0.4) is 0 Å². The molecule has 0 radical (unpaired) electrons. The van der Waals surface area contributed by atoms with E-state index in [2.05, 4.69) is 25.6 Å². The van der Waals surface area contributed by atoms with Crippen molar-refractivity contribution in [2.24, 2.45) is 0 Å². The summed E-state index contributed by atoms with van der Waals surface area (Å²) in [5.74, 6) is 0.351. The molecule has 0 saturated heterocycles. The van der Waals surface area contributed by atoms with Crippen LogP contribution in [0.25, 0.3) is 0 Å². The molecule has 7 nitrogen and oxygen atoms in total. The van der Waals surface area contributed by atoms with E-state index >= 15 is 0 Å². The highest BCUT2D eigenvalue weighted by atomic mass is 19.1. The molecule has 0 saturated carbocycles. The Bertz CT molecular complexity index is 968. The third kappa shape index (κ3) is 4.02.